The van der Waals surface area contributed by atoms with Crippen LogP contribution in [0.3, 0.4) is 0 Å². The first-order chi connectivity index (χ1) is 11.1. The summed E-state index contributed by atoms with van der Waals surface area (Å²) in [6, 6.07) is 4.71. The topological polar surface area (TPSA) is 48.9 Å². The molecule has 1 saturated heterocycles. The van der Waals surface area contributed by atoms with E-state index in [2.05, 4.69) is 58.8 Å². The van der Waals surface area contributed by atoms with Crippen LogP contribution in [0.15, 0.2) is 22.5 Å². The van der Waals surface area contributed by atoms with E-state index in [1.54, 1.807) is 0 Å². The van der Waals surface area contributed by atoms with E-state index in [9.17, 15) is 0 Å². The van der Waals surface area contributed by atoms with Crippen LogP contribution in [-0.4, -0.2) is 56.8 Å². The Hall–Kier alpha value is -1.11. The van der Waals surface area contributed by atoms with Crippen molar-refractivity contribution in [1.82, 2.24) is 15.5 Å². The van der Waals surface area contributed by atoms with Crippen LogP contribution < -0.4 is 10.6 Å². The number of aliphatic imine (C=N–C) groups is 1. The molecule has 0 saturated carbocycles. The van der Waals surface area contributed by atoms with Crippen LogP contribution in [0, 0.1) is 5.92 Å². The van der Waals surface area contributed by atoms with Gasteiger partial charge in [0.05, 0.1) is 18.8 Å². The van der Waals surface area contributed by atoms with Gasteiger partial charge in [-0.1, -0.05) is 19.9 Å². The fourth-order valence-corrected chi connectivity index (χ4v) is 3.59. The minimum absolute atomic E-state index is 0.296. The van der Waals surface area contributed by atoms with E-state index in [1.807, 2.05) is 18.4 Å². The molecule has 1 aromatic heterocycles. The summed E-state index contributed by atoms with van der Waals surface area (Å²) < 4.78 is 5.69. The highest BCUT2D eigenvalue weighted by Crippen LogP contribution is 2.26. The minimum atomic E-state index is 0.296. The third-order valence-electron chi connectivity index (χ3n) is 3.95. The third-order valence-corrected chi connectivity index (χ3v) is 4.92. The highest BCUT2D eigenvalue weighted by molar-refractivity contribution is 7.10. The van der Waals surface area contributed by atoms with E-state index in [0.29, 0.717) is 18.1 Å². The third kappa shape index (κ3) is 5.79. The first-order valence-corrected chi connectivity index (χ1v) is 9.31. The standard InChI is InChI=1S/C17H30N4OS/c1-13(2)10-19-17(18-4)20-11-15(16-6-5-9-23-16)21-7-8-22-14(3)12-21/h5-6,9,13-15H,7-8,10-12H2,1-4H3,(H2,18,19,20). The summed E-state index contributed by atoms with van der Waals surface area (Å²) in [6.07, 6.45) is 0.296. The van der Waals surface area contributed by atoms with E-state index in [1.165, 1.54) is 4.88 Å². The Bertz CT molecular complexity index is 475. The lowest BCUT2D eigenvalue weighted by Gasteiger charge is -2.37. The van der Waals surface area contributed by atoms with Crippen LogP contribution >= 0.6 is 11.3 Å². The predicted octanol–water partition coefficient (Wildman–Crippen LogP) is 2.33. The normalized spacial score (nSPS) is 21.4. The lowest BCUT2D eigenvalue weighted by molar-refractivity contribution is -0.0334. The number of thiophene rings is 1. The number of nitrogens with zero attached hydrogens (tertiary/aromatic N) is 2. The number of hydrogen-bond donors (Lipinski definition) is 2. The molecule has 0 spiro atoms. The van der Waals surface area contributed by atoms with Gasteiger partial charge in [0.25, 0.3) is 0 Å². The molecule has 0 radical (unpaired) electrons. The average molecular weight is 339 g/mol. The molecule has 2 atom stereocenters. The molecular weight excluding hydrogens is 308 g/mol. The van der Waals surface area contributed by atoms with Crippen molar-refractivity contribution in [3.05, 3.63) is 22.4 Å². The molecule has 1 aliphatic rings. The van der Waals surface area contributed by atoms with Gasteiger partial charge in [-0.05, 0) is 24.3 Å². The predicted molar refractivity (Wildman–Crippen MR) is 98.2 cm³/mol. The monoisotopic (exact) mass is 338 g/mol. The zero-order valence-electron chi connectivity index (χ0n) is 14.7. The maximum Gasteiger partial charge on any atom is 0.191 e. The van der Waals surface area contributed by atoms with Gasteiger partial charge in [-0.15, -0.1) is 11.3 Å². The molecule has 0 bridgehead atoms. The van der Waals surface area contributed by atoms with Gasteiger partial charge in [-0.3, -0.25) is 9.89 Å². The Kier molecular flexibility index (Phi) is 7.33. The Morgan fingerprint density at radius 1 is 1.43 bits per heavy atom. The second kappa shape index (κ2) is 9.25. The summed E-state index contributed by atoms with van der Waals surface area (Å²) in [5.74, 6) is 1.48. The van der Waals surface area contributed by atoms with Crippen LogP contribution in [-0.2, 0) is 4.74 Å². The first-order valence-electron chi connectivity index (χ1n) is 8.43. The second-order valence-electron chi connectivity index (χ2n) is 6.44. The molecule has 6 heteroatoms. The zero-order valence-corrected chi connectivity index (χ0v) is 15.5. The number of rotatable bonds is 6. The summed E-state index contributed by atoms with van der Waals surface area (Å²) in [5, 5.41) is 9.02. The van der Waals surface area contributed by atoms with Crippen molar-refractivity contribution >= 4 is 17.3 Å². The maximum absolute atomic E-state index is 5.69. The number of hydrogen-bond acceptors (Lipinski definition) is 4. The van der Waals surface area contributed by atoms with Gasteiger partial charge >= 0.3 is 0 Å². The Morgan fingerprint density at radius 3 is 2.83 bits per heavy atom. The molecular formula is C17H30N4OS. The van der Waals surface area contributed by atoms with Gasteiger partial charge in [-0.25, -0.2) is 0 Å². The van der Waals surface area contributed by atoms with Crippen molar-refractivity contribution in [2.24, 2.45) is 10.9 Å². The van der Waals surface area contributed by atoms with Crippen LogP contribution in [0.1, 0.15) is 31.7 Å². The van der Waals surface area contributed by atoms with E-state index in [0.717, 1.165) is 38.7 Å². The molecule has 1 fully saturated rings. The van der Waals surface area contributed by atoms with Crippen molar-refractivity contribution in [2.75, 3.05) is 39.8 Å². The molecule has 2 N–H and O–H groups in total. The quantitative estimate of drug-likeness (QED) is 0.617. The van der Waals surface area contributed by atoms with Crippen LogP contribution in [0.4, 0.5) is 0 Å². The number of ether oxygens (including phenoxy) is 1. The van der Waals surface area contributed by atoms with Gasteiger partial charge in [-0.2, -0.15) is 0 Å². The SMILES string of the molecule is CN=C(NCC(C)C)NCC(c1cccs1)N1CCOC(C)C1. The number of nitrogens with one attached hydrogen (secondary N) is 2. The van der Waals surface area contributed by atoms with Crippen molar-refractivity contribution in [2.45, 2.75) is 32.9 Å². The average Bonchev–Trinajstić information content (AvgIpc) is 3.04. The molecule has 1 aromatic rings. The molecule has 2 rings (SSSR count). The van der Waals surface area contributed by atoms with E-state index in [-0.39, 0.29) is 0 Å². The van der Waals surface area contributed by atoms with Crippen molar-refractivity contribution in [3.8, 4) is 0 Å². The molecule has 0 aromatic carbocycles. The van der Waals surface area contributed by atoms with E-state index in [4.69, 9.17) is 4.74 Å². The van der Waals surface area contributed by atoms with Gasteiger partial charge in [0.1, 0.15) is 0 Å². The van der Waals surface area contributed by atoms with Gasteiger partial charge in [0.2, 0.25) is 0 Å². The fourth-order valence-electron chi connectivity index (χ4n) is 2.73. The summed E-state index contributed by atoms with van der Waals surface area (Å²) >= 11 is 1.82. The van der Waals surface area contributed by atoms with Crippen LogP contribution in [0.5, 0.6) is 0 Å². The first kappa shape index (κ1) is 18.2. The highest BCUT2D eigenvalue weighted by Gasteiger charge is 2.26. The van der Waals surface area contributed by atoms with Gasteiger partial charge in [0.15, 0.2) is 5.96 Å². The summed E-state index contributed by atoms with van der Waals surface area (Å²) in [7, 11) is 1.83. The van der Waals surface area contributed by atoms with Gasteiger partial charge in [0, 0.05) is 38.1 Å². The summed E-state index contributed by atoms with van der Waals surface area (Å²) in [4.78, 5) is 8.24. The van der Waals surface area contributed by atoms with Crippen LogP contribution in [0.2, 0.25) is 0 Å². The Balaban J connectivity index is 1.98. The molecule has 23 heavy (non-hydrogen) atoms. The molecule has 0 amide bonds. The molecule has 2 unspecified atom stereocenters. The lowest BCUT2D eigenvalue weighted by atomic mass is 10.1. The number of guanidine groups is 1. The Labute approximate surface area is 144 Å². The largest absolute Gasteiger partial charge is 0.376 e. The lowest BCUT2D eigenvalue weighted by Crippen LogP contribution is -2.48. The van der Waals surface area contributed by atoms with E-state index >= 15 is 0 Å². The second-order valence-corrected chi connectivity index (χ2v) is 7.41. The summed E-state index contributed by atoms with van der Waals surface area (Å²) in [6.45, 7) is 11.1. The maximum atomic E-state index is 5.69. The van der Waals surface area contributed by atoms with Crippen molar-refractivity contribution < 1.29 is 4.74 Å². The van der Waals surface area contributed by atoms with Crippen LogP contribution in [0.25, 0.3) is 0 Å². The minimum Gasteiger partial charge on any atom is -0.376 e. The van der Waals surface area contributed by atoms with Crippen molar-refractivity contribution in [1.29, 1.82) is 0 Å². The molecule has 130 valence electrons. The molecule has 1 aliphatic heterocycles. The molecule has 5 nitrogen and oxygen atoms in total. The number of morpholine rings is 1. The summed E-state index contributed by atoms with van der Waals surface area (Å²) in [5.41, 5.74) is 0. The Morgan fingerprint density at radius 2 is 2.22 bits per heavy atom. The molecule has 2 heterocycles. The molecule has 0 aliphatic carbocycles. The fraction of sp³-hybridized carbons (Fsp3) is 0.706. The van der Waals surface area contributed by atoms with Crippen molar-refractivity contribution in [3.63, 3.8) is 0 Å². The smallest absolute Gasteiger partial charge is 0.191 e. The van der Waals surface area contributed by atoms with Gasteiger partial charge < -0.3 is 15.4 Å². The highest BCUT2D eigenvalue weighted by atomic mass is 32.1. The zero-order chi connectivity index (χ0) is 16.7. The van der Waals surface area contributed by atoms with E-state index < -0.39 is 0 Å².